The van der Waals surface area contributed by atoms with Gasteiger partial charge in [0.2, 0.25) is 5.69 Å². The molecular formula is C61H56N3O+. The molecule has 0 fully saturated rings. The van der Waals surface area contributed by atoms with Gasteiger partial charge in [-0.2, -0.15) is 0 Å². The zero-order valence-electron chi connectivity index (χ0n) is 38.8. The first-order valence-electron chi connectivity index (χ1n) is 23.5. The van der Waals surface area contributed by atoms with E-state index in [0.29, 0.717) is 5.92 Å². The average molecular weight is 847 g/mol. The molecular weight excluding hydrogens is 791 g/mol. The highest BCUT2D eigenvalue weighted by Crippen LogP contribution is 2.68. The minimum absolute atomic E-state index is 0.0998. The summed E-state index contributed by atoms with van der Waals surface area (Å²) < 4.78 is 10.6. The minimum Gasteiger partial charge on any atom is -0.410 e. The van der Waals surface area contributed by atoms with Crippen LogP contribution >= 0.6 is 0 Å². The molecule has 7 aromatic carbocycles. The molecule has 4 nitrogen and oxygen atoms in total. The van der Waals surface area contributed by atoms with Crippen LogP contribution in [-0.2, 0) is 23.1 Å². The fourth-order valence-electron chi connectivity index (χ4n) is 11.2. The minimum atomic E-state index is -1.05. The van der Waals surface area contributed by atoms with Gasteiger partial charge in [-0.1, -0.05) is 171 Å². The van der Waals surface area contributed by atoms with Crippen LogP contribution in [0.1, 0.15) is 89.4 Å². The molecule has 4 aliphatic heterocycles. The number of hydrogen-bond acceptors (Lipinski definition) is 3. The SMILES string of the molecule is CC(C)Cc1ccc(N2c3cccc4c3N3C2c2cc(C(C)(C)C)cc(C(C)(C)C)c2OC32c3c-4cc(-c4ccccc4)cc3-c3cc(-c4ccccc4)cc[n+]32)c(-c2ccccc2)c1. The topological polar surface area (TPSA) is 19.6 Å². The van der Waals surface area contributed by atoms with Gasteiger partial charge in [0.15, 0.2) is 6.20 Å². The Hall–Kier alpha value is -6.91. The quantitative estimate of drug-likeness (QED) is 0.155. The van der Waals surface area contributed by atoms with Gasteiger partial charge >= 0.3 is 5.85 Å². The Labute approximate surface area is 384 Å². The molecule has 5 heterocycles. The molecule has 0 bridgehead atoms. The smallest absolute Gasteiger partial charge is 0.410 e. The first-order valence-corrected chi connectivity index (χ1v) is 23.5. The van der Waals surface area contributed by atoms with E-state index in [-0.39, 0.29) is 17.0 Å². The monoisotopic (exact) mass is 846 g/mol. The molecule has 320 valence electrons. The van der Waals surface area contributed by atoms with E-state index in [4.69, 9.17) is 4.74 Å². The molecule has 2 unspecified atom stereocenters. The highest BCUT2D eigenvalue weighted by Gasteiger charge is 2.70. The predicted molar refractivity (Wildman–Crippen MR) is 268 cm³/mol. The van der Waals surface area contributed by atoms with Gasteiger partial charge < -0.3 is 9.64 Å². The average Bonchev–Trinajstić information content (AvgIpc) is 3.80. The summed E-state index contributed by atoms with van der Waals surface area (Å²) in [5, 5.41) is 0. The van der Waals surface area contributed by atoms with Crippen LogP contribution in [-0.4, -0.2) is 0 Å². The first-order chi connectivity index (χ1) is 31.3. The predicted octanol–water partition coefficient (Wildman–Crippen LogP) is 15.1. The molecule has 1 aromatic heterocycles. The molecule has 12 rings (SSSR count). The van der Waals surface area contributed by atoms with Crippen molar-refractivity contribution >= 4 is 17.1 Å². The van der Waals surface area contributed by atoms with E-state index < -0.39 is 5.85 Å². The number of benzene rings is 7. The maximum atomic E-state index is 8.18. The van der Waals surface area contributed by atoms with Crippen molar-refractivity contribution in [1.29, 1.82) is 0 Å². The van der Waals surface area contributed by atoms with Gasteiger partial charge in [0, 0.05) is 39.9 Å². The Kier molecular flexibility index (Phi) is 8.57. The Morgan fingerprint density at radius 3 is 1.89 bits per heavy atom. The van der Waals surface area contributed by atoms with Gasteiger partial charge in [-0.15, -0.1) is 4.57 Å². The lowest BCUT2D eigenvalue weighted by molar-refractivity contribution is -0.774. The second-order valence-corrected chi connectivity index (χ2v) is 21.1. The first kappa shape index (κ1) is 39.7. The van der Waals surface area contributed by atoms with Gasteiger partial charge in [0.1, 0.15) is 17.5 Å². The van der Waals surface area contributed by atoms with E-state index in [0.717, 1.165) is 17.9 Å². The number of aromatic nitrogens is 1. The number of ether oxygens (including phenoxy) is 1. The maximum Gasteiger partial charge on any atom is 0.432 e. The van der Waals surface area contributed by atoms with E-state index in [1.165, 1.54) is 95.0 Å². The zero-order valence-corrected chi connectivity index (χ0v) is 38.8. The van der Waals surface area contributed by atoms with Crippen molar-refractivity contribution < 1.29 is 9.30 Å². The number of nitrogens with zero attached hydrogens (tertiary/aromatic N) is 3. The van der Waals surface area contributed by atoms with Gasteiger partial charge in [0.05, 0.1) is 22.6 Å². The second-order valence-electron chi connectivity index (χ2n) is 21.1. The summed E-state index contributed by atoms with van der Waals surface area (Å²) in [5.74, 6) is 0.462. The van der Waals surface area contributed by atoms with Gasteiger partial charge in [-0.05, 0) is 98.5 Å². The summed E-state index contributed by atoms with van der Waals surface area (Å²) in [6, 6.07) is 61.4. The molecule has 65 heavy (non-hydrogen) atoms. The number of hydrogen-bond donors (Lipinski definition) is 0. The van der Waals surface area contributed by atoms with E-state index >= 15 is 0 Å². The molecule has 8 aromatic rings. The van der Waals surface area contributed by atoms with Crippen LogP contribution in [0.4, 0.5) is 17.1 Å². The standard InChI is InChI=1S/C61H56N3O/c1-38(2)31-39-27-28-52(47(32-39)42-23-16-11-17-24-42)63-53-26-18-25-46-48-33-44(41-21-14-10-15-22-41)34-49-54-35-43(40-19-12-9-13-20-40)29-30-62(54)61(55(48)49)64(56(46)53)58(63)50-36-45(59(3,4)5)37-51(57(50)65-61)60(6,7)8/h9-30,32-38,58H,31H2,1-8H3/q+1. The highest BCUT2D eigenvalue weighted by molar-refractivity contribution is 6.03. The summed E-state index contributed by atoms with van der Waals surface area (Å²) >= 11 is 0. The van der Waals surface area contributed by atoms with Crippen LogP contribution in [0, 0.1) is 5.92 Å². The fourth-order valence-corrected chi connectivity index (χ4v) is 11.2. The van der Waals surface area contributed by atoms with Gasteiger partial charge in [0.25, 0.3) is 0 Å². The fraction of sp³-hybridized carbons (Fsp3) is 0.230. The number of fused-ring (bicyclic) bond motifs is 5. The largest absolute Gasteiger partial charge is 0.432 e. The van der Waals surface area contributed by atoms with E-state index in [9.17, 15) is 0 Å². The third-order valence-electron chi connectivity index (χ3n) is 14.2. The molecule has 4 aliphatic rings. The Morgan fingerprint density at radius 2 is 1.23 bits per heavy atom. The zero-order chi connectivity index (χ0) is 44.6. The third-order valence-corrected chi connectivity index (χ3v) is 14.2. The Balaban J connectivity index is 1.23. The maximum absolute atomic E-state index is 8.18. The number of pyridine rings is 1. The molecule has 0 aliphatic carbocycles. The van der Waals surface area contributed by atoms with Crippen LogP contribution in [0.2, 0.25) is 0 Å². The van der Waals surface area contributed by atoms with Crippen molar-refractivity contribution in [2.75, 3.05) is 9.80 Å². The van der Waals surface area contributed by atoms with E-state index in [1.807, 2.05) is 0 Å². The Bertz CT molecular complexity index is 3210. The third kappa shape index (κ3) is 5.85. The summed E-state index contributed by atoms with van der Waals surface area (Å²) in [7, 11) is 0. The summed E-state index contributed by atoms with van der Waals surface area (Å²) in [5.41, 5.74) is 21.5. The molecule has 0 saturated carbocycles. The van der Waals surface area contributed by atoms with Gasteiger partial charge in [-0.25, -0.2) is 4.90 Å². The van der Waals surface area contributed by atoms with Crippen LogP contribution < -0.4 is 19.1 Å². The van der Waals surface area contributed by atoms with Crippen LogP contribution in [0.25, 0.3) is 55.8 Å². The van der Waals surface area contributed by atoms with E-state index in [2.05, 4.69) is 240 Å². The van der Waals surface area contributed by atoms with Crippen molar-refractivity contribution in [3.8, 4) is 61.5 Å². The lowest BCUT2D eigenvalue weighted by atomic mass is 9.77. The lowest BCUT2D eigenvalue weighted by Gasteiger charge is -2.49. The number of anilines is 3. The van der Waals surface area contributed by atoms with Crippen molar-refractivity contribution in [2.45, 2.75) is 84.7 Å². The molecule has 0 saturated heterocycles. The molecule has 2 atom stereocenters. The van der Waals surface area contributed by atoms with E-state index in [1.54, 1.807) is 0 Å². The van der Waals surface area contributed by atoms with Crippen molar-refractivity contribution in [3.63, 3.8) is 0 Å². The molecule has 0 radical (unpaired) electrons. The molecule has 0 N–H and O–H groups in total. The summed E-state index contributed by atoms with van der Waals surface area (Å²) in [6.45, 7) is 18.7. The number of rotatable bonds is 6. The molecule has 4 heteroatoms. The summed E-state index contributed by atoms with van der Waals surface area (Å²) in [4.78, 5) is 5.34. The van der Waals surface area contributed by atoms with Crippen molar-refractivity contribution in [2.24, 2.45) is 5.92 Å². The van der Waals surface area contributed by atoms with Gasteiger partial charge in [-0.3, -0.25) is 0 Å². The summed E-state index contributed by atoms with van der Waals surface area (Å²) in [6.07, 6.45) is 3.07. The Morgan fingerprint density at radius 1 is 0.569 bits per heavy atom. The normalized spacial score (nSPS) is 17.4. The van der Waals surface area contributed by atoms with Crippen LogP contribution in [0.15, 0.2) is 170 Å². The molecule has 0 amide bonds. The number of para-hydroxylation sites is 1. The van der Waals surface area contributed by atoms with Crippen molar-refractivity contribution in [3.05, 3.63) is 198 Å². The van der Waals surface area contributed by atoms with Crippen LogP contribution in [0.5, 0.6) is 5.75 Å². The van der Waals surface area contributed by atoms with Crippen LogP contribution in [0.3, 0.4) is 0 Å². The lowest BCUT2D eigenvalue weighted by Crippen LogP contribution is -2.71. The van der Waals surface area contributed by atoms with Crippen molar-refractivity contribution in [1.82, 2.24) is 0 Å². The second kappa shape index (κ2) is 14.0. The highest BCUT2D eigenvalue weighted by atomic mass is 16.5. The molecule has 1 spiro atoms.